The van der Waals surface area contributed by atoms with Gasteiger partial charge in [-0.05, 0) is 0 Å². The molecule has 8 heavy (non-hydrogen) atoms. The average Bonchev–Trinajstić information content (AvgIpc) is 1.72. The lowest BCUT2D eigenvalue weighted by Crippen LogP contribution is -1.47. The molecular formula is C3H4Cl4O. The maximum atomic E-state index is 7.00. The quantitative estimate of drug-likeness (QED) is 0.634. The average molecular weight is 198 g/mol. The Kier molecular flexibility index (Phi) is 11.4. The van der Waals surface area contributed by atoms with Crippen LogP contribution < -0.4 is 0 Å². The zero-order valence-corrected chi connectivity index (χ0v) is 6.98. The van der Waals surface area contributed by atoms with Crippen LogP contribution in [-0.2, 0) is 0 Å². The fourth-order valence-electron chi connectivity index (χ4n) is 0. The van der Waals surface area contributed by atoms with Gasteiger partial charge in [0.15, 0.2) is 0 Å². The first-order valence-corrected chi connectivity index (χ1v) is 2.97. The number of aliphatic hydroxyl groups excluding tert-OH is 1. The van der Waals surface area contributed by atoms with Gasteiger partial charge < -0.3 is 5.11 Å². The molecule has 0 rings (SSSR count). The van der Waals surface area contributed by atoms with E-state index in [1.165, 1.54) is 0 Å². The van der Waals surface area contributed by atoms with Crippen molar-refractivity contribution in [1.82, 2.24) is 0 Å². The molecule has 0 saturated heterocycles. The number of hydrogen-bond donors (Lipinski definition) is 1. The first kappa shape index (κ1) is 11.6. The van der Waals surface area contributed by atoms with Gasteiger partial charge in [-0.1, -0.05) is 46.4 Å². The fourth-order valence-corrected chi connectivity index (χ4v) is 0. The smallest absolute Gasteiger partial charge is 0.136 e. The van der Waals surface area contributed by atoms with Gasteiger partial charge in [0, 0.05) is 7.11 Å². The molecule has 0 unspecified atom stereocenters. The molecule has 0 aromatic rings. The normalized spacial score (nSPS) is 6.75. The minimum atomic E-state index is -0.0988. The molecule has 0 spiro atoms. The third kappa shape index (κ3) is 9.97. The number of aliphatic hydroxyl groups is 1. The first-order valence-electron chi connectivity index (χ1n) is 1.45. The molecule has 0 aliphatic carbocycles. The summed E-state index contributed by atoms with van der Waals surface area (Å²) < 4.78 is -0.198. The van der Waals surface area contributed by atoms with Crippen LogP contribution in [0, 0.1) is 0 Å². The van der Waals surface area contributed by atoms with Crippen LogP contribution >= 0.6 is 46.4 Å². The van der Waals surface area contributed by atoms with Crippen LogP contribution in [0.4, 0.5) is 0 Å². The van der Waals surface area contributed by atoms with Gasteiger partial charge >= 0.3 is 0 Å². The van der Waals surface area contributed by atoms with Crippen molar-refractivity contribution in [3.63, 3.8) is 0 Å². The SMILES string of the molecule is CO.ClC(Cl)=C(Cl)Cl. The van der Waals surface area contributed by atoms with Gasteiger partial charge in [-0.2, -0.15) is 0 Å². The van der Waals surface area contributed by atoms with E-state index in [4.69, 9.17) is 51.5 Å². The van der Waals surface area contributed by atoms with E-state index < -0.39 is 0 Å². The van der Waals surface area contributed by atoms with Crippen molar-refractivity contribution in [3.05, 3.63) is 8.98 Å². The summed E-state index contributed by atoms with van der Waals surface area (Å²) in [6.07, 6.45) is 0. The van der Waals surface area contributed by atoms with Crippen molar-refractivity contribution >= 4 is 46.4 Å². The molecule has 0 aromatic carbocycles. The van der Waals surface area contributed by atoms with E-state index in [1.54, 1.807) is 0 Å². The zero-order valence-electron chi connectivity index (χ0n) is 3.96. The van der Waals surface area contributed by atoms with Crippen LogP contribution in [0.1, 0.15) is 0 Å². The number of halogens is 4. The van der Waals surface area contributed by atoms with E-state index in [2.05, 4.69) is 0 Å². The summed E-state index contributed by atoms with van der Waals surface area (Å²) in [5.41, 5.74) is 0. The lowest BCUT2D eigenvalue weighted by molar-refractivity contribution is 0.399. The summed E-state index contributed by atoms with van der Waals surface area (Å²) in [4.78, 5) is 0. The minimum absolute atomic E-state index is 0.0988. The maximum absolute atomic E-state index is 7.00. The highest BCUT2D eigenvalue weighted by molar-refractivity contribution is 6.67. The highest BCUT2D eigenvalue weighted by atomic mass is 35.5. The van der Waals surface area contributed by atoms with Gasteiger partial charge in [-0.25, -0.2) is 0 Å². The molecule has 50 valence electrons. The van der Waals surface area contributed by atoms with Crippen molar-refractivity contribution < 1.29 is 5.11 Å². The summed E-state index contributed by atoms with van der Waals surface area (Å²) in [6.45, 7) is 0. The molecule has 1 N–H and O–H groups in total. The van der Waals surface area contributed by atoms with E-state index >= 15 is 0 Å². The second-order valence-corrected chi connectivity index (χ2v) is 2.42. The maximum Gasteiger partial charge on any atom is 0.136 e. The lowest BCUT2D eigenvalue weighted by atomic mass is 11.2. The fraction of sp³-hybridized carbons (Fsp3) is 0.333. The molecule has 0 aliphatic rings. The topological polar surface area (TPSA) is 20.2 Å². The molecule has 0 aliphatic heterocycles. The van der Waals surface area contributed by atoms with Crippen molar-refractivity contribution in [1.29, 1.82) is 0 Å². The van der Waals surface area contributed by atoms with E-state index in [9.17, 15) is 0 Å². The van der Waals surface area contributed by atoms with Gasteiger partial charge in [0.1, 0.15) is 8.98 Å². The molecule has 0 aromatic heterocycles. The molecule has 0 saturated carbocycles. The van der Waals surface area contributed by atoms with Gasteiger partial charge in [0.2, 0.25) is 0 Å². The monoisotopic (exact) mass is 196 g/mol. The van der Waals surface area contributed by atoms with Crippen LogP contribution in [0.15, 0.2) is 8.98 Å². The predicted octanol–water partition coefficient (Wildman–Crippen LogP) is 2.68. The molecule has 0 bridgehead atoms. The Labute approximate surface area is 67.8 Å². The molecular weight excluding hydrogens is 194 g/mol. The van der Waals surface area contributed by atoms with Gasteiger partial charge in [0.05, 0.1) is 0 Å². The molecule has 0 atom stereocenters. The Morgan fingerprint density at radius 3 is 1.00 bits per heavy atom. The molecule has 0 radical (unpaired) electrons. The third-order valence-electron chi connectivity index (χ3n) is 0.143. The van der Waals surface area contributed by atoms with Crippen LogP contribution in [0.5, 0.6) is 0 Å². The Bertz CT molecular complexity index is 61.4. The van der Waals surface area contributed by atoms with Crippen molar-refractivity contribution in [2.45, 2.75) is 0 Å². The van der Waals surface area contributed by atoms with Gasteiger partial charge in [0.25, 0.3) is 0 Å². The van der Waals surface area contributed by atoms with Crippen LogP contribution in [0.3, 0.4) is 0 Å². The number of hydrogen-bond acceptors (Lipinski definition) is 1. The lowest BCUT2D eigenvalue weighted by Gasteiger charge is -1.75. The predicted molar refractivity (Wildman–Crippen MR) is 38.6 cm³/mol. The van der Waals surface area contributed by atoms with Crippen LogP contribution in [0.25, 0.3) is 0 Å². The van der Waals surface area contributed by atoms with Crippen molar-refractivity contribution in [3.8, 4) is 0 Å². The number of rotatable bonds is 0. The van der Waals surface area contributed by atoms with Gasteiger partial charge in [-0.3, -0.25) is 0 Å². The highest BCUT2D eigenvalue weighted by Gasteiger charge is 1.88. The first-order chi connectivity index (χ1) is 3.64. The second-order valence-electron chi connectivity index (χ2n) is 0.521. The molecule has 1 nitrogen and oxygen atoms in total. The standard InChI is InChI=1S/C2Cl4.CH4O/c3-1(4)2(5)6;1-2/h;2H,1H3. The summed E-state index contributed by atoms with van der Waals surface area (Å²) in [5, 5.41) is 7.00. The molecule has 0 amide bonds. The van der Waals surface area contributed by atoms with Crippen LogP contribution in [0.2, 0.25) is 0 Å². The Balaban J connectivity index is 0. The van der Waals surface area contributed by atoms with Crippen molar-refractivity contribution in [2.75, 3.05) is 7.11 Å². The van der Waals surface area contributed by atoms with Crippen molar-refractivity contribution in [2.24, 2.45) is 0 Å². The summed E-state index contributed by atoms with van der Waals surface area (Å²) in [7, 11) is 1.00. The zero-order chi connectivity index (χ0) is 7.15. The minimum Gasteiger partial charge on any atom is -0.400 e. The third-order valence-corrected chi connectivity index (χ3v) is 1.29. The Morgan fingerprint density at radius 2 is 1.00 bits per heavy atom. The summed E-state index contributed by atoms with van der Waals surface area (Å²) in [6, 6.07) is 0. The van der Waals surface area contributed by atoms with E-state index in [1.807, 2.05) is 0 Å². The summed E-state index contributed by atoms with van der Waals surface area (Å²) >= 11 is 20.0. The second kappa shape index (κ2) is 7.86. The Hall–Kier alpha value is 0.860. The molecule has 5 heteroatoms. The van der Waals surface area contributed by atoms with Crippen LogP contribution in [-0.4, -0.2) is 12.2 Å². The van der Waals surface area contributed by atoms with E-state index in [0.717, 1.165) is 7.11 Å². The largest absolute Gasteiger partial charge is 0.400 e. The molecule has 0 fully saturated rings. The summed E-state index contributed by atoms with van der Waals surface area (Å²) in [5.74, 6) is 0. The highest BCUT2D eigenvalue weighted by Crippen LogP contribution is 2.20. The Morgan fingerprint density at radius 1 is 0.875 bits per heavy atom. The molecule has 0 heterocycles. The van der Waals surface area contributed by atoms with Gasteiger partial charge in [-0.15, -0.1) is 0 Å². The van der Waals surface area contributed by atoms with E-state index in [-0.39, 0.29) is 8.98 Å². The van der Waals surface area contributed by atoms with E-state index in [0.29, 0.717) is 0 Å².